The maximum absolute atomic E-state index is 5.62. The number of nitrogens with zero attached hydrogens (tertiary/aromatic N) is 2. The second kappa shape index (κ2) is 10.3. The Kier molecular flexibility index (Phi) is 7.72. The minimum Gasteiger partial charge on any atom is -0.493 e. The molecule has 0 saturated heterocycles. The molecule has 0 aliphatic rings. The van der Waals surface area contributed by atoms with Crippen molar-refractivity contribution < 1.29 is 28.4 Å². The normalized spacial score (nSPS) is 10.4. The molecule has 1 aromatic heterocycles. The summed E-state index contributed by atoms with van der Waals surface area (Å²) >= 11 is 0. The van der Waals surface area contributed by atoms with Gasteiger partial charge < -0.3 is 34.2 Å². The summed E-state index contributed by atoms with van der Waals surface area (Å²) in [6.07, 6.45) is 0. The monoisotopic (exact) mass is 365 g/mol. The van der Waals surface area contributed by atoms with Gasteiger partial charge in [-0.25, -0.2) is 0 Å². The van der Waals surface area contributed by atoms with Crippen LogP contribution in [0, 0.1) is 0 Å². The zero-order valence-electron chi connectivity index (χ0n) is 15.1. The van der Waals surface area contributed by atoms with Crippen LogP contribution in [0.5, 0.6) is 23.1 Å². The number of rotatable bonds is 11. The van der Waals surface area contributed by atoms with Crippen LogP contribution >= 0.6 is 0 Å². The molecule has 2 rings (SSSR count). The molecule has 2 aromatic rings. The number of ether oxygens (including phenoxy) is 6. The number of nitrogen functional groups attached to an aromatic ring is 1. The summed E-state index contributed by atoms with van der Waals surface area (Å²) in [6, 6.07) is 6.84. The molecule has 1 heterocycles. The molecular formula is C17H23N3O6. The fraction of sp³-hybridized carbons (Fsp3) is 0.412. The van der Waals surface area contributed by atoms with Gasteiger partial charge in [0.2, 0.25) is 11.6 Å². The summed E-state index contributed by atoms with van der Waals surface area (Å²) in [7, 11) is 4.69. The van der Waals surface area contributed by atoms with Crippen molar-refractivity contribution in [3.63, 3.8) is 0 Å². The molecule has 142 valence electrons. The largest absolute Gasteiger partial charge is 0.493 e. The highest BCUT2D eigenvalue weighted by atomic mass is 16.7. The molecule has 0 aliphatic heterocycles. The van der Waals surface area contributed by atoms with Crippen LogP contribution in [0.15, 0.2) is 24.3 Å². The molecule has 9 nitrogen and oxygen atoms in total. The molecular weight excluding hydrogens is 342 g/mol. The SMILES string of the molecule is COCCOCOc1c(OC)cc(COc2ccc(N)nn2)cc1OC. The molecule has 2 N–H and O–H groups in total. The van der Waals surface area contributed by atoms with Gasteiger partial charge in [-0.2, -0.15) is 0 Å². The van der Waals surface area contributed by atoms with Crippen LogP contribution in [0.2, 0.25) is 0 Å². The van der Waals surface area contributed by atoms with E-state index in [0.717, 1.165) is 5.56 Å². The van der Waals surface area contributed by atoms with Crippen LogP contribution in [-0.4, -0.2) is 51.5 Å². The number of benzene rings is 1. The van der Waals surface area contributed by atoms with Crippen LogP contribution in [0.4, 0.5) is 5.82 Å². The van der Waals surface area contributed by atoms with Crippen LogP contribution in [0.3, 0.4) is 0 Å². The molecule has 26 heavy (non-hydrogen) atoms. The molecule has 0 atom stereocenters. The molecule has 0 aliphatic carbocycles. The summed E-state index contributed by atoms with van der Waals surface area (Å²) in [5.41, 5.74) is 6.31. The minimum absolute atomic E-state index is 0.0486. The summed E-state index contributed by atoms with van der Waals surface area (Å²) in [5, 5.41) is 7.59. The smallest absolute Gasteiger partial charge is 0.233 e. The molecule has 9 heteroatoms. The Hall–Kier alpha value is -2.78. The van der Waals surface area contributed by atoms with Crippen molar-refractivity contribution in [1.82, 2.24) is 10.2 Å². The lowest BCUT2D eigenvalue weighted by Gasteiger charge is -2.16. The molecule has 0 spiro atoms. The van der Waals surface area contributed by atoms with Crippen molar-refractivity contribution in [1.29, 1.82) is 0 Å². The summed E-state index contributed by atoms with van der Waals surface area (Å²) in [4.78, 5) is 0. The fourth-order valence-corrected chi connectivity index (χ4v) is 2.03. The molecule has 0 amide bonds. The van der Waals surface area contributed by atoms with E-state index in [-0.39, 0.29) is 13.4 Å². The van der Waals surface area contributed by atoms with Crippen molar-refractivity contribution in [3.8, 4) is 23.1 Å². The Morgan fingerprint density at radius 2 is 1.65 bits per heavy atom. The van der Waals surface area contributed by atoms with Gasteiger partial charge in [-0.05, 0) is 23.8 Å². The Bertz CT molecular complexity index is 656. The standard InChI is InChI=1S/C17H23N3O6/c1-21-6-7-24-11-26-17-13(22-2)8-12(9-14(17)23-3)10-25-16-5-4-15(18)19-20-16/h4-5,8-9H,6-7,10-11H2,1-3H3,(H2,18,19). The second-order valence-corrected chi connectivity index (χ2v) is 5.08. The molecule has 0 fully saturated rings. The Morgan fingerprint density at radius 1 is 0.923 bits per heavy atom. The highest BCUT2D eigenvalue weighted by Gasteiger charge is 2.15. The zero-order valence-corrected chi connectivity index (χ0v) is 15.1. The van der Waals surface area contributed by atoms with E-state index < -0.39 is 0 Å². The first-order chi connectivity index (χ1) is 12.7. The average molecular weight is 365 g/mol. The first-order valence-corrected chi connectivity index (χ1v) is 7.84. The highest BCUT2D eigenvalue weighted by Crippen LogP contribution is 2.38. The van der Waals surface area contributed by atoms with Crippen molar-refractivity contribution in [2.24, 2.45) is 0 Å². The molecule has 0 unspecified atom stereocenters. The van der Waals surface area contributed by atoms with E-state index in [4.69, 9.17) is 34.2 Å². The summed E-state index contributed by atoms with van der Waals surface area (Å²) in [5.74, 6) is 2.14. The first kappa shape index (κ1) is 19.5. The third-order valence-electron chi connectivity index (χ3n) is 3.29. The number of anilines is 1. The molecule has 1 aromatic carbocycles. The van der Waals surface area contributed by atoms with Gasteiger partial charge in [-0.1, -0.05) is 0 Å². The number of nitrogens with two attached hydrogens (primary N) is 1. The van der Waals surface area contributed by atoms with Crippen LogP contribution in [0.1, 0.15) is 5.56 Å². The molecule has 0 saturated carbocycles. The Balaban J connectivity index is 2.05. The van der Waals surface area contributed by atoms with Crippen molar-refractivity contribution >= 4 is 5.82 Å². The van der Waals surface area contributed by atoms with Crippen molar-refractivity contribution in [2.45, 2.75) is 6.61 Å². The van der Waals surface area contributed by atoms with E-state index in [0.29, 0.717) is 42.2 Å². The van der Waals surface area contributed by atoms with E-state index >= 15 is 0 Å². The Morgan fingerprint density at radius 3 is 2.23 bits per heavy atom. The van der Waals surface area contributed by atoms with E-state index in [1.54, 1.807) is 45.6 Å². The van der Waals surface area contributed by atoms with Gasteiger partial charge in [0.1, 0.15) is 12.4 Å². The second-order valence-electron chi connectivity index (χ2n) is 5.08. The van der Waals surface area contributed by atoms with Crippen molar-refractivity contribution in [3.05, 3.63) is 29.8 Å². The quantitative estimate of drug-likeness (QED) is 0.470. The van der Waals surface area contributed by atoms with Gasteiger partial charge >= 0.3 is 0 Å². The number of hydrogen-bond donors (Lipinski definition) is 1. The van der Waals surface area contributed by atoms with E-state index in [9.17, 15) is 0 Å². The number of hydrogen-bond acceptors (Lipinski definition) is 9. The minimum atomic E-state index is 0.0486. The number of aromatic nitrogens is 2. The van der Waals surface area contributed by atoms with Gasteiger partial charge in [0.15, 0.2) is 18.3 Å². The predicted octanol–water partition coefficient (Wildman–Crippen LogP) is 1.65. The van der Waals surface area contributed by atoms with Crippen molar-refractivity contribution in [2.75, 3.05) is 47.1 Å². The van der Waals surface area contributed by atoms with E-state index in [1.165, 1.54) is 0 Å². The third kappa shape index (κ3) is 5.64. The first-order valence-electron chi connectivity index (χ1n) is 7.84. The van der Waals surface area contributed by atoms with Gasteiger partial charge in [0, 0.05) is 13.2 Å². The van der Waals surface area contributed by atoms with Crippen LogP contribution in [-0.2, 0) is 16.1 Å². The summed E-state index contributed by atoms with van der Waals surface area (Å²) in [6.45, 7) is 1.21. The van der Waals surface area contributed by atoms with Gasteiger partial charge in [-0.15, -0.1) is 10.2 Å². The lowest BCUT2D eigenvalue weighted by atomic mass is 10.2. The topological polar surface area (TPSA) is 107 Å². The average Bonchev–Trinajstić information content (AvgIpc) is 2.67. The van der Waals surface area contributed by atoms with Crippen LogP contribution in [0.25, 0.3) is 0 Å². The zero-order chi connectivity index (χ0) is 18.8. The third-order valence-corrected chi connectivity index (χ3v) is 3.29. The van der Waals surface area contributed by atoms with Gasteiger partial charge in [0.25, 0.3) is 0 Å². The maximum atomic E-state index is 5.62. The van der Waals surface area contributed by atoms with Gasteiger partial charge in [-0.3, -0.25) is 0 Å². The maximum Gasteiger partial charge on any atom is 0.233 e. The van der Waals surface area contributed by atoms with E-state index in [2.05, 4.69) is 10.2 Å². The van der Waals surface area contributed by atoms with Crippen LogP contribution < -0.4 is 24.7 Å². The molecule has 0 radical (unpaired) electrons. The summed E-state index contributed by atoms with van der Waals surface area (Å²) < 4.78 is 32.2. The lowest BCUT2D eigenvalue weighted by Crippen LogP contribution is -2.09. The van der Waals surface area contributed by atoms with E-state index in [1.807, 2.05) is 0 Å². The molecule has 0 bridgehead atoms. The lowest BCUT2D eigenvalue weighted by molar-refractivity contribution is -0.0105. The van der Waals surface area contributed by atoms with Gasteiger partial charge in [0.05, 0.1) is 27.4 Å². The highest BCUT2D eigenvalue weighted by molar-refractivity contribution is 5.53. The predicted molar refractivity (Wildman–Crippen MR) is 93.6 cm³/mol. The number of methoxy groups -OCH3 is 3. The Labute approximate surface area is 151 Å². The fourth-order valence-electron chi connectivity index (χ4n) is 2.03.